The first kappa shape index (κ1) is 16.2. The number of benzene rings is 1. The van der Waals surface area contributed by atoms with Gasteiger partial charge in [-0.3, -0.25) is 0 Å². The molecule has 0 saturated heterocycles. The van der Waals surface area contributed by atoms with Gasteiger partial charge >= 0.3 is 0 Å². The zero-order chi connectivity index (χ0) is 15.4. The highest BCUT2D eigenvalue weighted by Crippen LogP contribution is 2.25. The summed E-state index contributed by atoms with van der Waals surface area (Å²) in [6, 6.07) is 4.65. The first-order chi connectivity index (χ1) is 9.99. The van der Waals surface area contributed by atoms with Gasteiger partial charge in [0.25, 0.3) is 0 Å². The van der Waals surface area contributed by atoms with Crippen LogP contribution >= 0.6 is 11.6 Å². The largest absolute Gasteiger partial charge is 0.379 e. The van der Waals surface area contributed by atoms with E-state index in [1.54, 1.807) is 6.07 Å². The lowest BCUT2D eigenvalue weighted by molar-refractivity contribution is 0.0754. The monoisotopic (exact) mass is 312 g/mol. The Kier molecular flexibility index (Phi) is 5.59. The summed E-state index contributed by atoms with van der Waals surface area (Å²) >= 11 is 6.20. The number of aromatic nitrogens is 2. The molecule has 5 heteroatoms. The van der Waals surface area contributed by atoms with Gasteiger partial charge in [0.2, 0.25) is 0 Å². The van der Waals surface area contributed by atoms with Crippen LogP contribution in [0.25, 0.3) is 11.0 Å². The molecule has 3 nitrogen and oxygen atoms in total. The zero-order valence-electron chi connectivity index (χ0n) is 12.8. The van der Waals surface area contributed by atoms with Gasteiger partial charge in [-0.2, -0.15) is 0 Å². The molecule has 0 saturated carbocycles. The van der Waals surface area contributed by atoms with Gasteiger partial charge in [-0.25, -0.2) is 9.37 Å². The van der Waals surface area contributed by atoms with Crippen LogP contribution in [0.4, 0.5) is 4.39 Å². The second-order valence-corrected chi connectivity index (χ2v) is 6.15. The number of fused-ring (bicyclic) bond motifs is 1. The topological polar surface area (TPSA) is 27.1 Å². The molecule has 0 N–H and O–H groups in total. The molecule has 21 heavy (non-hydrogen) atoms. The Labute approximate surface area is 130 Å². The van der Waals surface area contributed by atoms with E-state index in [1.807, 2.05) is 25.3 Å². The number of imidazole rings is 1. The molecule has 0 amide bonds. The third-order valence-electron chi connectivity index (χ3n) is 3.32. The first-order valence-corrected chi connectivity index (χ1v) is 7.84. The van der Waals surface area contributed by atoms with Crippen LogP contribution < -0.4 is 0 Å². The Morgan fingerprint density at radius 1 is 1.29 bits per heavy atom. The minimum atomic E-state index is -0.249. The van der Waals surface area contributed by atoms with Crippen molar-refractivity contribution in [2.24, 2.45) is 0 Å². The Bertz CT molecular complexity index is 595. The van der Waals surface area contributed by atoms with E-state index in [1.165, 1.54) is 12.1 Å². The molecule has 0 spiro atoms. The lowest BCUT2D eigenvalue weighted by Crippen LogP contribution is -2.08. The van der Waals surface area contributed by atoms with Crippen LogP contribution in [0.15, 0.2) is 18.2 Å². The average Bonchev–Trinajstić information content (AvgIpc) is 2.76. The minimum Gasteiger partial charge on any atom is -0.379 e. The third-order valence-corrected chi connectivity index (χ3v) is 3.52. The molecule has 2 rings (SSSR count). The van der Waals surface area contributed by atoms with Crippen LogP contribution in [0.3, 0.4) is 0 Å². The van der Waals surface area contributed by atoms with Crippen LogP contribution in [0.1, 0.15) is 44.8 Å². The Balaban J connectivity index is 2.12. The number of hydrogen-bond acceptors (Lipinski definition) is 2. The smallest absolute Gasteiger partial charge is 0.127 e. The van der Waals surface area contributed by atoms with Crippen molar-refractivity contribution in [2.45, 2.75) is 51.6 Å². The van der Waals surface area contributed by atoms with E-state index in [2.05, 4.69) is 4.98 Å². The van der Waals surface area contributed by atoms with Gasteiger partial charge in [-0.1, -0.05) is 0 Å². The summed E-state index contributed by atoms with van der Waals surface area (Å²) in [6.07, 6.45) is 2.17. The Morgan fingerprint density at radius 3 is 2.71 bits per heavy atom. The summed E-state index contributed by atoms with van der Waals surface area (Å²) in [5, 5.41) is -0.202. The maximum Gasteiger partial charge on any atom is 0.127 e. The molecule has 0 aliphatic rings. The second-order valence-electron chi connectivity index (χ2n) is 5.50. The van der Waals surface area contributed by atoms with Crippen LogP contribution in [0.2, 0.25) is 0 Å². The lowest BCUT2D eigenvalue weighted by atomic mass is 10.2. The fourth-order valence-corrected chi connectivity index (χ4v) is 2.51. The SMILES string of the molecule is CC(C)OCCCCn1c(C(C)Cl)nc2ccc(F)cc21. The van der Waals surface area contributed by atoms with E-state index in [-0.39, 0.29) is 17.3 Å². The molecule has 116 valence electrons. The molecule has 1 aromatic heterocycles. The number of unbranched alkanes of at least 4 members (excludes halogenated alkanes) is 1. The van der Waals surface area contributed by atoms with Gasteiger partial charge in [0.05, 0.1) is 22.5 Å². The van der Waals surface area contributed by atoms with Crippen molar-refractivity contribution in [3.63, 3.8) is 0 Å². The predicted octanol–water partition coefficient (Wildman–Crippen LogP) is 4.68. The van der Waals surface area contributed by atoms with Crippen LogP contribution in [0.5, 0.6) is 0 Å². The predicted molar refractivity (Wildman–Crippen MR) is 84.3 cm³/mol. The van der Waals surface area contributed by atoms with Crippen LogP contribution in [-0.4, -0.2) is 22.3 Å². The van der Waals surface area contributed by atoms with E-state index in [4.69, 9.17) is 16.3 Å². The number of halogens is 2. The number of rotatable bonds is 7. The second kappa shape index (κ2) is 7.23. The molecule has 0 aliphatic heterocycles. The highest BCUT2D eigenvalue weighted by molar-refractivity contribution is 6.20. The molecule has 1 heterocycles. The Morgan fingerprint density at radius 2 is 2.05 bits per heavy atom. The van der Waals surface area contributed by atoms with Crippen LogP contribution in [0, 0.1) is 5.82 Å². The van der Waals surface area contributed by atoms with E-state index in [0.29, 0.717) is 0 Å². The number of nitrogens with zero attached hydrogens (tertiary/aromatic N) is 2. The van der Waals surface area contributed by atoms with Crippen molar-refractivity contribution < 1.29 is 9.13 Å². The quantitative estimate of drug-likeness (QED) is 0.548. The molecule has 0 fully saturated rings. The van der Waals surface area contributed by atoms with E-state index >= 15 is 0 Å². The maximum atomic E-state index is 13.5. The van der Waals surface area contributed by atoms with Gasteiger partial charge in [0.1, 0.15) is 11.6 Å². The van der Waals surface area contributed by atoms with E-state index < -0.39 is 0 Å². The van der Waals surface area contributed by atoms with Gasteiger partial charge in [-0.15, -0.1) is 11.6 Å². The number of hydrogen-bond donors (Lipinski definition) is 0. The van der Waals surface area contributed by atoms with Gasteiger partial charge < -0.3 is 9.30 Å². The fourth-order valence-electron chi connectivity index (χ4n) is 2.34. The van der Waals surface area contributed by atoms with Crippen molar-refractivity contribution >= 4 is 22.6 Å². The van der Waals surface area contributed by atoms with E-state index in [9.17, 15) is 4.39 Å². The number of alkyl halides is 1. The van der Waals surface area contributed by atoms with Crippen molar-refractivity contribution in [3.05, 3.63) is 29.8 Å². The standard InChI is InChI=1S/C16H22ClFN2O/c1-11(2)21-9-5-4-8-20-15-10-13(18)6-7-14(15)19-16(20)12(3)17/h6-7,10-12H,4-5,8-9H2,1-3H3. The molecule has 1 unspecified atom stereocenters. The van der Waals surface area contributed by atoms with Crippen molar-refractivity contribution in [3.8, 4) is 0 Å². The Hall–Kier alpha value is -1.13. The summed E-state index contributed by atoms with van der Waals surface area (Å²) < 4.78 is 21.0. The average molecular weight is 313 g/mol. The molecule has 1 atom stereocenters. The van der Waals surface area contributed by atoms with Crippen molar-refractivity contribution in [1.29, 1.82) is 0 Å². The number of ether oxygens (including phenoxy) is 1. The van der Waals surface area contributed by atoms with Crippen molar-refractivity contribution in [1.82, 2.24) is 9.55 Å². The van der Waals surface area contributed by atoms with Gasteiger partial charge in [0, 0.05) is 13.2 Å². The summed E-state index contributed by atoms with van der Waals surface area (Å²) in [5.74, 6) is 0.544. The van der Waals surface area contributed by atoms with Gasteiger partial charge in [0.15, 0.2) is 0 Å². The molecule has 2 aromatic rings. The molecular formula is C16H22ClFN2O. The highest BCUT2D eigenvalue weighted by Gasteiger charge is 2.15. The third kappa shape index (κ3) is 4.17. The first-order valence-electron chi connectivity index (χ1n) is 7.40. The lowest BCUT2D eigenvalue weighted by Gasteiger charge is -2.11. The normalized spacial score (nSPS) is 13.2. The molecule has 0 aliphatic carbocycles. The number of aryl methyl sites for hydroxylation is 1. The molecule has 1 aromatic carbocycles. The summed E-state index contributed by atoms with van der Waals surface area (Å²) in [6.45, 7) is 7.45. The molecular weight excluding hydrogens is 291 g/mol. The zero-order valence-corrected chi connectivity index (χ0v) is 13.5. The maximum absolute atomic E-state index is 13.5. The molecule has 0 radical (unpaired) electrons. The highest BCUT2D eigenvalue weighted by atomic mass is 35.5. The minimum absolute atomic E-state index is 0.202. The van der Waals surface area contributed by atoms with E-state index in [0.717, 1.165) is 42.9 Å². The van der Waals surface area contributed by atoms with Crippen LogP contribution in [-0.2, 0) is 11.3 Å². The molecule has 0 bridgehead atoms. The van der Waals surface area contributed by atoms with Crippen molar-refractivity contribution in [2.75, 3.05) is 6.61 Å². The van der Waals surface area contributed by atoms with Gasteiger partial charge in [-0.05, 0) is 51.8 Å². The summed E-state index contributed by atoms with van der Waals surface area (Å²) in [5.41, 5.74) is 1.60. The summed E-state index contributed by atoms with van der Waals surface area (Å²) in [4.78, 5) is 4.51. The summed E-state index contributed by atoms with van der Waals surface area (Å²) in [7, 11) is 0. The fraction of sp³-hybridized carbons (Fsp3) is 0.562.